The van der Waals surface area contributed by atoms with E-state index in [0.717, 1.165) is 18.7 Å². The van der Waals surface area contributed by atoms with Gasteiger partial charge in [0.25, 0.3) is 0 Å². The molecular formula is C14H20ClNO2. The highest BCUT2D eigenvalue weighted by molar-refractivity contribution is 6.32. The molecule has 0 saturated carbocycles. The quantitative estimate of drug-likeness (QED) is 0.794. The fourth-order valence-corrected chi connectivity index (χ4v) is 2.13. The summed E-state index contributed by atoms with van der Waals surface area (Å²) in [7, 11) is 1.59. The van der Waals surface area contributed by atoms with Crippen LogP contribution in [0.1, 0.15) is 25.8 Å². The Morgan fingerprint density at radius 2 is 2.00 bits per heavy atom. The van der Waals surface area contributed by atoms with Crippen molar-refractivity contribution < 1.29 is 9.53 Å². The van der Waals surface area contributed by atoms with Crippen LogP contribution in [0.4, 0.5) is 0 Å². The predicted molar refractivity (Wildman–Crippen MR) is 74.3 cm³/mol. The van der Waals surface area contributed by atoms with Crippen molar-refractivity contribution in [1.82, 2.24) is 4.90 Å². The van der Waals surface area contributed by atoms with E-state index in [-0.39, 0.29) is 5.91 Å². The van der Waals surface area contributed by atoms with Crippen molar-refractivity contribution in [2.75, 3.05) is 20.2 Å². The average molecular weight is 270 g/mol. The van der Waals surface area contributed by atoms with Crippen molar-refractivity contribution in [3.8, 4) is 5.75 Å². The first-order valence-electron chi connectivity index (χ1n) is 6.22. The molecular weight excluding hydrogens is 250 g/mol. The van der Waals surface area contributed by atoms with Crippen LogP contribution >= 0.6 is 11.6 Å². The van der Waals surface area contributed by atoms with Gasteiger partial charge in [0.05, 0.1) is 12.1 Å². The maximum atomic E-state index is 11.9. The van der Waals surface area contributed by atoms with Gasteiger partial charge in [-0.2, -0.15) is 0 Å². The van der Waals surface area contributed by atoms with E-state index in [1.165, 1.54) is 0 Å². The maximum Gasteiger partial charge on any atom is 0.222 e. The number of carbonyl (C=O) groups excluding carboxylic acids is 1. The lowest BCUT2D eigenvalue weighted by Crippen LogP contribution is -2.30. The van der Waals surface area contributed by atoms with Gasteiger partial charge in [-0.1, -0.05) is 17.7 Å². The maximum absolute atomic E-state index is 11.9. The molecule has 0 atom stereocenters. The second-order valence-electron chi connectivity index (χ2n) is 4.03. The number of halogens is 1. The molecule has 3 nitrogen and oxygen atoms in total. The van der Waals surface area contributed by atoms with Gasteiger partial charge >= 0.3 is 0 Å². The Balaban J connectivity index is 2.58. The van der Waals surface area contributed by atoms with Crippen LogP contribution in [0.3, 0.4) is 0 Å². The van der Waals surface area contributed by atoms with Crippen LogP contribution in [0, 0.1) is 0 Å². The van der Waals surface area contributed by atoms with Gasteiger partial charge in [0, 0.05) is 19.5 Å². The van der Waals surface area contributed by atoms with E-state index >= 15 is 0 Å². The third kappa shape index (κ3) is 3.91. The van der Waals surface area contributed by atoms with Crippen molar-refractivity contribution in [1.29, 1.82) is 0 Å². The highest BCUT2D eigenvalue weighted by Gasteiger charge is 2.10. The molecule has 100 valence electrons. The van der Waals surface area contributed by atoms with E-state index in [0.29, 0.717) is 23.6 Å². The fourth-order valence-electron chi connectivity index (χ4n) is 1.85. The van der Waals surface area contributed by atoms with Gasteiger partial charge in [-0.05, 0) is 38.0 Å². The molecule has 0 aromatic heterocycles. The molecule has 0 saturated heterocycles. The molecule has 0 aliphatic heterocycles. The van der Waals surface area contributed by atoms with Gasteiger partial charge in [0.2, 0.25) is 5.91 Å². The topological polar surface area (TPSA) is 29.5 Å². The van der Waals surface area contributed by atoms with Gasteiger partial charge in [0.1, 0.15) is 5.75 Å². The van der Waals surface area contributed by atoms with Gasteiger partial charge in [0.15, 0.2) is 0 Å². The molecule has 0 unspecified atom stereocenters. The second-order valence-corrected chi connectivity index (χ2v) is 4.44. The fraction of sp³-hybridized carbons (Fsp3) is 0.500. The Morgan fingerprint density at radius 1 is 1.33 bits per heavy atom. The minimum atomic E-state index is 0.187. The predicted octanol–water partition coefficient (Wildman–Crippen LogP) is 3.15. The highest BCUT2D eigenvalue weighted by atomic mass is 35.5. The number of rotatable bonds is 6. The Kier molecular flexibility index (Phi) is 5.99. The minimum Gasteiger partial charge on any atom is -0.495 e. The van der Waals surface area contributed by atoms with Crippen molar-refractivity contribution in [2.24, 2.45) is 0 Å². The van der Waals surface area contributed by atoms with Crippen LogP contribution in [0.2, 0.25) is 5.02 Å². The number of hydrogen-bond donors (Lipinski definition) is 0. The molecule has 0 heterocycles. The molecule has 0 fully saturated rings. The Morgan fingerprint density at radius 3 is 2.50 bits per heavy atom. The van der Waals surface area contributed by atoms with E-state index in [9.17, 15) is 4.79 Å². The normalized spacial score (nSPS) is 10.2. The first kappa shape index (κ1) is 14.8. The Labute approximate surface area is 114 Å². The monoisotopic (exact) mass is 269 g/mol. The van der Waals surface area contributed by atoms with Crippen molar-refractivity contribution in [3.63, 3.8) is 0 Å². The number of benzene rings is 1. The lowest BCUT2D eigenvalue weighted by atomic mass is 10.1. The van der Waals surface area contributed by atoms with E-state index in [1.807, 2.05) is 36.9 Å². The summed E-state index contributed by atoms with van der Waals surface area (Å²) in [6, 6.07) is 5.63. The zero-order valence-electron chi connectivity index (χ0n) is 11.2. The number of methoxy groups -OCH3 is 1. The van der Waals surface area contributed by atoms with Crippen LogP contribution in [0.25, 0.3) is 0 Å². The van der Waals surface area contributed by atoms with Gasteiger partial charge in [-0.25, -0.2) is 0 Å². The van der Waals surface area contributed by atoms with Gasteiger partial charge in [-0.15, -0.1) is 0 Å². The number of amides is 1. The zero-order chi connectivity index (χ0) is 13.5. The SMILES string of the molecule is CCN(CC)C(=O)CCc1ccc(OC)c(Cl)c1. The summed E-state index contributed by atoms with van der Waals surface area (Å²) in [5, 5.41) is 0.588. The smallest absolute Gasteiger partial charge is 0.222 e. The summed E-state index contributed by atoms with van der Waals surface area (Å²) in [4.78, 5) is 13.7. The van der Waals surface area contributed by atoms with Crippen molar-refractivity contribution in [2.45, 2.75) is 26.7 Å². The first-order valence-corrected chi connectivity index (χ1v) is 6.60. The van der Waals surface area contributed by atoms with E-state index < -0.39 is 0 Å². The summed E-state index contributed by atoms with van der Waals surface area (Å²) in [5.41, 5.74) is 1.06. The summed E-state index contributed by atoms with van der Waals surface area (Å²) in [5.74, 6) is 0.849. The number of aryl methyl sites for hydroxylation is 1. The molecule has 1 amide bonds. The zero-order valence-corrected chi connectivity index (χ0v) is 12.0. The molecule has 0 aliphatic carbocycles. The third-order valence-electron chi connectivity index (χ3n) is 2.96. The van der Waals surface area contributed by atoms with E-state index in [1.54, 1.807) is 7.11 Å². The molecule has 1 aromatic carbocycles. The van der Waals surface area contributed by atoms with Crippen LogP contribution < -0.4 is 4.74 Å². The second kappa shape index (κ2) is 7.27. The third-order valence-corrected chi connectivity index (χ3v) is 3.26. The molecule has 0 spiro atoms. The molecule has 1 rings (SSSR count). The lowest BCUT2D eigenvalue weighted by molar-refractivity contribution is -0.130. The number of hydrogen-bond acceptors (Lipinski definition) is 2. The average Bonchev–Trinajstić information content (AvgIpc) is 2.38. The van der Waals surface area contributed by atoms with Crippen LogP contribution in [0.5, 0.6) is 5.75 Å². The van der Waals surface area contributed by atoms with Gasteiger partial charge in [-0.3, -0.25) is 4.79 Å². The molecule has 4 heteroatoms. The summed E-state index contributed by atoms with van der Waals surface area (Å²) < 4.78 is 5.09. The molecule has 0 aliphatic rings. The highest BCUT2D eigenvalue weighted by Crippen LogP contribution is 2.25. The number of carbonyl (C=O) groups is 1. The first-order chi connectivity index (χ1) is 8.62. The minimum absolute atomic E-state index is 0.187. The van der Waals surface area contributed by atoms with Crippen molar-refractivity contribution in [3.05, 3.63) is 28.8 Å². The Bertz CT molecular complexity index is 403. The van der Waals surface area contributed by atoms with Crippen LogP contribution in [0.15, 0.2) is 18.2 Å². The standard InChI is InChI=1S/C14H20ClNO2/c1-4-16(5-2)14(17)9-7-11-6-8-13(18-3)12(15)10-11/h6,8,10H,4-5,7,9H2,1-3H3. The van der Waals surface area contributed by atoms with Gasteiger partial charge < -0.3 is 9.64 Å². The Hall–Kier alpha value is -1.22. The van der Waals surface area contributed by atoms with Crippen LogP contribution in [-0.2, 0) is 11.2 Å². The number of nitrogens with zero attached hydrogens (tertiary/aromatic N) is 1. The lowest BCUT2D eigenvalue weighted by Gasteiger charge is -2.18. The van der Waals surface area contributed by atoms with E-state index in [2.05, 4.69) is 0 Å². The molecule has 0 radical (unpaired) electrons. The van der Waals surface area contributed by atoms with E-state index in [4.69, 9.17) is 16.3 Å². The molecule has 18 heavy (non-hydrogen) atoms. The summed E-state index contributed by atoms with van der Waals surface area (Å²) >= 11 is 6.04. The summed E-state index contributed by atoms with van der Waals surface area (Å²) in [6.45, 7) is 5.51. The summed E-state index contributed by atoms with van der Waals surface area (Å²) in [6.07, 6.45) is 1.23. The molecule has 0 bridgehead atoms. The molecule has 0 N–H and O–H groups in total. The largest absolute Gasteiger partial charge is 0.495 e. The number of ether oxygens (including phenoxy) is 1. The van der Waals surface area contributed by atoms with Crippen molar-refractivity contribution >= 4 is 17.5 Å². The molecule has 1 aromatic rings. The van der Waals surface area contributed by atoms with Crippen LogP contribution in [-0.4, -0.2) is 31.0 Å².